The molecule has 29 heavy (non-hydrogen) atoms. The Kier molecular flexibility index (Phi) is 7.87. The molecule has 3 rings (SSSR count). The second-order valence-corrected chi connectivity index (χ2v) is 7.24. The van der Waals surface area contributed by atoms with Gasteiger partial charge in [-0.05, 0) is 63.0 Å². The average molecular weight is 424 g/mol. The third kappa shape index (κ3) is 4.82. The van der Waals surface area contributed by atoms with Crippen LogP contribution in [0.3, 0.4) is 0 Å². The number of benzene rings is 1. The van der Waals surface area contributed by atoms with Crippen molar-refractivity contribution in [1.82, 2.24) is 25.2 Å². The van der Waals surface area contributed by atoms with Gasteiger partial charge in [-0.2, -0.15) is 0 Å². The quantitative estimate of drug-likeness (QED) is 0.768. The molecule has 0 spiro atoms. The predicted molar refractivity (Wildman–Crippen MR) is 113 cm³/mol. The molecule has 2 heterocycles. The zero-order chi connectivity index (χ0) is 20.3. The summed E-state index contributed by atoms with van der Waals surface area (Å²) in [6.45, 7) is 6.29. The Morgan fingerprint density at radius 3 is 2.45 bits per heavy atom. The van der Waals surface area contributed by atoms with Crippen molar-refractivity contribution in [2.24, 2.45) is 0 Å². The van der Waals surface area contributed by atoms with E-state index in [0.29, 0.717) is 29.8 Å². The molecule has 8 nitrogen and oxygen atoms in total. The van der Waals surface area contributed by atoms with Crippen LogP contribution in [0.15, 0.2) is 12.1 Å². The van der Waals surface area contributed by atoms with Crippen molar-refractivity contribution < 1.29 is 14.3 Å². The molecular formula is C20H30ClN5O3. The lowest BCUT2D eigenvalue weighted by Crippen LogP contribution is -2.31. The first-order chi connectivity index (χ1) is 13.5. The topological polar surface area (TPSA) is 81.5 Å². The molecule has 1 aliphatic rings. The van der Waals surface area contributed by atoms with E-state index in [0.717, 1.165) is 42.8 Å². The van der Waals surface area contributed by atoms with Gasteiger partial charge in [0.1, 0.15) is 0 Å². The summed E-state index contributed by atoms with van der Waals surface area (Å²) in [5, 5.41) is 11.8. The van der Waals surface area contributed by atoms with Crippen LogP contribution in [0.1, 0.15) is 46.2 Å². The number of hydrogen-bond donors (Lipinski definition) is 1. The summed E-state index contributed by atoms with van der Waals surface area (Å²) < 4.78 is 12.6. The first-order valence-corrected chi connectivity index (χ1v) is 9.55. The summed E-state index contributed by atoms with van der Waals surface area (Å²) in [4.78, 5) is 14.7. The van der Waals surface area contributed by atoms with Crippen LogP contribution in [0.25, 0.3) is 0 Å². The van der Waals surface area contributed by atoms with Crippen LogP contribution in [0.5, 0.6) is 11.5 Å². The summed E-state index contributed by atoms with van der Waals surface area (Å²) in [6.07, 6.45) is 2.00. The summed E-state index contributed by atoms with van der Waals surface area (Å²) in [5.74, 6) is 1.20. The summed E-state index contributed by atoms with van der Waals surface area (Å²) in [6, 6.07) is 4.13. The highest BCUT2D eigenvalue weighted by Gasteiger charge is 2.25. The number of hydrogen-bond acceptors (Lipinski definition) is 6. The van der Waals surface area contributed by atoms with Crippen molar-refractivity contribution >= 4 is 18.3 Å². The number of methoxy groups -OCH3 is 2. The van der Waals surface area contributed by atoms with Crippen molar-refractivity contribution in [1.29, 1.82) is 0 Å². The van der Waals surface area contributed by atoms with Gasteiger partial charge in [-0.25, -0.2) is 4.68 Å². The largest absolute Gasteiger partial charge is 0.493 e. The molecule has 1 N–H and O–H groups in total. The lowest BCUT2D eigenvalue weighted by molar-refractivity contribution is 0.0778. The van der Waals surface area contributed by atoms with Gasteiger partial charge < -0.3 is 19.7 Å². The number of carbonyl (C=O) groups is 1. The van der Waals surface area contributed by atoms with Crippen LogP contribution >= 0.6 is 12.4 Å². The Morgan fingerprint density at radius 1 is 1.21 bits per heavy atom. The fourth-order valence-electron chi connectivity index (χ4n) is 3.64. The molecule has 160 valence electrons. The van der Waals surface area contributed by atoms with Crippen LogP contribution in [0.4, 0.5) is 0 Å². The third-order valence-corrected chi connectivity index (χ3v) is 5.38. The highest BCUT2D eigenvalue weighted by molar-refractivity contribution is 5.93. The van der Waals surface area contributed by atoms with Gasteiger partial charge in [0.05, 0.1) is 26.0 Å². The van der Waals surface area contributed by atoms with E-state index in [1.165, 1.54) is 0 Å². The van der Waals surface area contributed by atoms with E-state index in [-0.39, 0.29) is 18.3 Å². The third-order valence-electron chi connectivity index (χ3n) is 5.38. The second-order valence-electron chi connectivity index (χ2n) is 7.24. The SMILES string of the molecule is COc1cc(C)c(CN(C)C(=O)c2nnn(C3CCNCC3)c2C)cc1OC.Cl. The molecule has 1 aliphatic heterocycles. The minimum atomic E-state index is -0.133. The summed E-state index contributed by atoms with van der Waals surface area (Å²) >= 11 is 0. The van der Waals surface area contributed by atoms with Gasteiger partial charge in [-0.1, -0.05) is 5.21 Å². The smallest absolute Gasteiger partial charge is 0.276 e. The van der Waals surface area contributed by atoms with Crippen molar-refractivity contribution in [3.8, 4) is 11.5 Å². The van der Waals surface area contributed by atoms with E-state index in [2.05, 4.69) is 15.6 Å². The van der Waals surface area contributed by atoms with Crippen LogP contribution in [-0.4, -0.2) is 60.2 Å². The zero-order valence-electron chi connectivity index (χ0n) is 17.7. The maximum absolute atomic E-state index is 13.0. The Morgan fingerprint density at radius 2 is 1.83 bits per heavy atom. The minimum absolute atomic E-state index is 0. The maximum Gasteiger partial charge on any atom is 0.276 e. The van der Waals surface area contributed by atoms with E-state index in [9.17, 15) is 4.79 Å². The fraction of sp³-hybridized carbons (Fsp3) is 0.550. The Hall–Kier alpha value is -2.32. The van der Waals surface area contributed by atoms with Crippen LogP contribution in [0, 0.1) is 13.8 Å². The number of aryl methyl sites for hydroxylation is 1. The molecule has 0 bridgehead atoms. The molecular weight excluding hydrogens is 394 g/mol. The van der Waals surface area contributed by atoms with E-state index in [1.807, 2.05) is 30.7 Å². The van der Waals surface area contributed by atoms with Crippen LogP contribution < -0.4 is 14.8 Å². The Balaban J connectivity index is 0.00000300. The molecule has 0 radical (unpaired) electrons. The van der Waals surface area contributed by atoms with Crippen molar-refractivity contribution in [3.05, 3.63) is 34.6 Å². The number of piperidine rings is 1. The van der Waals surface area contributed by atoms with Gasteiger partial charge in [0.15, 0.2) is 17.2 Å². The highest BCUT2D eigenvalue weighted by atomic mass is 35.5. The molecule has 1 fully saturated rings. The lowest BCUT2D eigenvalue weighted by Gasteiger charge is -2.23. The lowest BCUT2D eigenvalue weighted by atomic mass is 10.1. The van der Waals surface area contributed by atoms with Gasteiger partial charge in [0.2, 0.25) is 0 Å². The molecule has 1 aromatic heterocycles. The molecule has 1 aromatic carbocycles. The van der Waals surface area contributed by atoms with E-state index >= 15 is 0 Å². The summed E-state index contributed by atoms with van der Waals surface area (Å²) in [5.41, 5.74) is 3.27. The number of carbonyl (C=O) groups excluding carboxylic acids is 1. The van der Waals surface area contributed by atoms with Gasteiger partial charge in [0.25, 0.3) is 5.91 Å². The molecule has 2 aromatic rings. The van der Waals surface area contributed by atoms with Crippen molar-refractivity contribution in [2.45, 2.75) is 39.3 Å². The molecule has 0 saturated carbocycles. The Bertz CT molecular complexity index is 849. The second kappa shape index (κ2) is 9.93. The number of halogens is 1. The predicted octanol–water partition coefficient (Wildman–Crippen LogP) is 2.53. The van der Waals surface area contributed by atoms with E-state index < -0.39 is 0 Å². The fourth-order valence-corrected chi connectivity index (χ4v) is 3.64. The molecule has 0 unspecified atom stereocenters. The first-order valence-electron chi connectivity index (χ1n) is 9.55. The zero-order valence-corrected chi connectivity index (χ0v) is 18.5. The van der Waals surface area contributed by atoms with E-state index in [1.54, 1.807) is 26.2 Å². The first kappa shape index (κ1) is 23.0. The van der Waals surface area contributed by atoms with Crippen LogP contribution in [0.2, 0.25) is 0 Å². The molecule has 1 saturated heterocycles. The normalized spacial score (nSPS) is 14.2. The van der Waals surface area contributed by atoms with Gasteiger partial charge in [-0.15, -0.1) is 17.5 Å². The highest BCUT2D eigenvalue weighted by Crippen LogP contribution is 2.31. The van der Waals surface area contributed by atoms with Crippen molar-refractivity contribution in [2.75, 3.05) is 34.4 Å². The number of rotatable bonds is 6. The average Bonchev–Trinajstić information content (AvgIpc) is 3.10. The van der Waals surface area contributed by atoms with E-state index in [4.69, 9.17) is 9.47 Å². The molecule has 1 amide bonds. The minimum Gasteiger partial charge on any atom is -0.493 e. The number of aromatic nitrogens is 3. The number of nitrogens with one attached hydrogen (secondary N) is 1. The van der Waals surface area contributed by atoms with Gasteiger partial charge >= 0.3 is 0 Å². The maximum atomic E-state index is 13.0. The number of amides is 1. The number of ether oxygens (including phenoxy) is 2. The van der Waals surface area contributed by atoms with Gasteiger partial charge in [0, 0.05) is 13.6 Å². The standard InChI is InChI=1S/C20H29N5O3.ClH/c1-13-10-17(27-4)18(28-5)11-15(13)12-24(3)20(26)19-14(2)25(23-22-19)16-6-8-21-9-7-16;/h10-11,16,21H,6-9,12H2,1-5H3;1H. The number of nitrogens with zero attached hydrogens (tertiary/aromatic N) is 4. The Labute approximate surface area is 178 Å². The van der Waals surface area contributed by atoms with Crippen molar-refractivity contribution in [3.63, 3.8) is 0 Å². The summed E-state index contributed by atoms with van der Waals surface area (Å²) in [7, 11) is 5.00. The molecule has 0 aliphatic carbocycles. The van der Waals surface area contributed by atoms with Crippen LogP contribution in [-0.2, 0) is 6.54 Å². The molecule has 0 atom stereocenters. The van der Waals surface area contributed by atoms with Gasteiger partial charge in [-0.3, -0.25) is 4.79 Å². The monoisotopic (exact) mass is 423 g/mol. The molecule has 9 heteroatoms.